The van der Waals surface area contributed by atoms with Crippen molar-refractivity contribution in [2.45, 2.75) is 6.92 Å². The standard InChI is InChI=1S/C16H15BrN4O2/c1-11-7-12(5-6-15(11)17)19-16(22)9-23-14-4-2-3-13(8-14)21-10-18-20-21/h2-8,10,20H,9H2,1H3,(H,19,22). The number of nitrogens with zero attached hydrogens (tertiary/aromatic N) is 2. The molecule has 0 saturated carbocycles. The van der Waals surface area contributed by atoms with Gasteiger partial charge in [0.2, 0.25) is 0 Å². The average Bonchev–Trinajstić information content (AvgIpc) is 2.48. The number of hydrogen-bond acceptors (Lipinski definition) is 3. The second kappa shape index (κ2) is 6.70. The van der Waals surface area contributed by atoms with Crippen LogP contribution >= 0.6 is 15.9 Å². The summed E-state index contributed by atoms with van der Waals surface area (Å²) in [4.78, 5) is 12.0. The van der Waals surface area contributed by atoms with Crippen molar-refractivity contribution in [1.82, 2.24) is 15.0 Å². The molecule has 118 valence electrons. The lowest BCUT2D eigenvalue weighted by atomic mass is 10.2. The third kappa shape index (κ3) is 3.81. The monoisotopic (exact) mass is 374 g/mol. The minimum atomic E-state index is -0.208. The lowest BCUT2D eigenvalue weighted by molar-refractivity contribution is -0.118. The van der Waals surface area contributed by atoms with Gasteiger partial charge in [-0.1, -0.05) is 22.0 Å². The van der Waals surface area contributed by atoms with Crippen LogP contribution in [-0.2, 0) is 4.79 Å². The Morgan fingerprint density at radius 2 is 2.17 bits per heavy atom. The summed E-state index contributed by atoms with van der Waals surface area (Å²) in [5.41, 5.74) is 2.69. The zero-order valence-corrected chi connectivity index (χ0v) is 14.0. The van der Waals surface area contributed by atoms with E-state index in [4.69, 9.17) is 4.74 Å². The molecule has 0 saturated heterocycles. The number of aryl methyl sites for hydroxylation is 1. The van der Waals surface area contributed by atoms with Gasteiger partial charge in [0.05, 0.1) is 5.69 Å². The molecule has 1 heterocycles. The van der Waals surface area contributed by atoms with Gasteiger partial charge in [-0.2, -0.15) is 0 Å². The number of ether oxygens (including phenoxy) is 1. The Balaban J connectivity index is 1.58. The zero-order valence-electron chi connectivity index (χ0n) is 12.4. The normalized spacial score (nSPS) is 10.5. The van der Waals surface area contributed by atoms with Gasteiger partial charge in [-0.25, -0.2) is 9.90 Å². The predicted octanol–water partition coefficient (Wildman–Crippen LogP) is 3.29. The second-order valence-electron chi connectivity index (χ2n) is 5.01. The molecule has 0 aliphatic rings. The number of amides is 1. The molecular formula is C16H15BrN4O2. The van der Waals surface area contributed by atoms with Crippen LogP contribution in [0.5, 0.6) is 5.75 Å². The molecule has 23 heavy (non-hydrogen) atoms. The van der Waals surface area contributed by atoms with Crippen molar-refractivity contribution in [2.24, 2.45) is 0 Å². The smallest absolute Gasteiger partial charge is 0.262 e. The highest BCUT2D eigenvalue weighted by atomic mass is 79.9. The lowest BCUT2D eigenvalue weighted by Gasteiger charge is -2.11. The molecule has 0 aliphatic heterocycles. The van der Waals surface area contributed by atoms with Gasteiger partial charge in [-0.15, -0.1) is 5.10 Å². The number of hydrogen-bond donors (Lipinski definition) is 2. The second-order valence-corrected chi connectivity index (χ2v) is 5.87. The third-order valence-electron chi connectivity index (χ3n) is 3.25. The topological polar surface area (TPSA) is 71.9 Å². The summed E-state index contributed by atoms with van der Waals surface area (Å²) in [6, 6.07) is 13.0. The van der Waals surface area contributed by atoms with Crippen molar-refractivity contribution in [1.29, 1.82) is 0 Å². The van der Waals surface area contributed by atoms with Crippen LogP contribution in [0, 0.1) is 6.92 Å². The van der Waals surface area contributed by atoms with Crippen LogP contribution in [0.2, 0.25) is 0 Å². The summed E-state index contributed by atoms with van der Waals surface area (Å²) in [7, 11) is 0. The molecule has 0 radical (unpaired) electrons. The fourth-order valence-corrected chi connectivity index (χ4v) is 2.28. The maximum absolute atomic E-state index is 12.0. The molecular weight excluding hydrogens is 360 g/mol. The van der Waals surface area contributed by atoms with E-state index in [9.17, 15) is 4.79 Å². The van der Waals surface area contributed by atoms with Gasteiger partial charge in [0.25, 0.3) is 5.91 Å². The van der Waals surface area contributed by atoms with Gasteiger partial charge >= 0.3 is 0 Å². The Hall–Kier alpha value is -2.54. The molecule has 3 rings (SSSR count). The minimum Gasteiger partial charge on any atom is -0.484 e. The number of carbonyl (C=O) groups excluding carboxylic acids is 1. The predicted molar refractivity (Wildman–Crippen MR) is 90.9 cm³/mol. The quantitative estimate of drug-likeness (QED) is 0.719. The van der Waals surface area contributed by atoms with E-state index in [2.05, 4.69) is 31.6 Å². The zero-order chi connectivity index (χ0) is 16.2. The Labute approximate surface area is 141 Å². The summed E-state index contributed by atoms with van der Waals surface area (Å²) in [6.07, 6.45) is 1.65. The maximum atomic E-state index is 12.0. The Morgan fingerprint density at radius 3 is 2.87 bits per heavy atom. The summed E-state index contributed by atoms with van der Waals surface area (Å²) in [5.74, 6) is 0.410. The molecule has 0 unspecified atom stereocenters. The van der Waals surface area contributed by atoms with E-state index in [1.807, 2.05) is 43.3 Å². The van der Waals surface area contributed by atoms with E-state index in [0.717, 1.165) is 21.4 Å². The maximum Gasteiger partial charge on any atom is 0.262 e. The first-order chi connectivity index (χ1) is 11.1. The van der Waals surface area contributed by atoms with Gasteiger partial charge in [-0.3, -0.25) is 4.79 Å². The molecule has 6 nitrogen and oxygen atoms in total. The van der Waals surface area contributed by atoms with Gasteiger partial charge < -0.3 is 10.1 Å². The van der Waals surface area contributed by atoms with Crippen molar-refractivity contribution in [3.63, 3.8) is 0 Å². The van der Waals surface area contributed by atoms with Crippen molar-refractivity contribution < 1.29 is 9.53 Å². The Bertz CT molecular complexity index is 816. The molecule has 7 heteroatoms. The molecule has 0 aliphatic carbocycles. The van der Waals surface area contributed by atoms with Crippen LogP contribution < -0.4 is 10.1 Å². The van der Waals surface area contributed by atoms with E-state index < -0.39 is 0 Å². The average molecular weight is 375 g/mol. The summed E-state index contributed by atoms with van der Waals surface area (Å²) in [5, 5.41) is 9.35. The highest BCUT2D eigenvalue weighted by molar-refractivity contribution is 9.10. The third-order valence-corrected chi connectivity index (χ3v) is 4.14. The van der Waals surface area contributed by atoms with Crippen LogP contribution in [-0.4, -0.2) is 27.5 Å². The van der Waals surface area contributed by atoms with Gasteiger partial charge in [-0.05, 0) is 42.8 Å². The largest absolute Gasteiger partial charge is 0.484 e. The summed E-state index contributed by atoms with van der Waals surface area (Å²) < 4.78 is 8.29. The first-order valence-corrected chi connectivity index (χ1v) is 7.78. The number of nitrogens with one attached hydrogen (secondary N) is 2. The van der Waals surface area contributed by atoms with Crippen LogP contribution in [0.25, 0.3) is 5.69 Å². The number of halogens is 1. The molecule has 3 aromatic rings. The lowest BCUT2D eigenvalue weighted by Crippen LogP contribution is -2.20. The number of aromatic nitrogens is 3. The molecule has 1 amide bonds. The first kappa shape index (κ1) is 15.4. The number of carbonyl (C=O) groups is 1. The van der Waals surface area contributed by atoms with Crippen molar-refractivity contribution in [2.75, 3.05) is 11.9 Å². The molecule has 2 aromatic carbocycles. The van der Waals surface area contributed by atoms with Crippen molar-refractivity contribution >= 4 is 27.5 Å². The van der Waals surface area contributed by atoms with Crippen LogP contribution in [0.4, 0.5) is 5.69 Å². The molecule has 0 fully saturated rings. The molecule has 0 spiro atoms. The van der Waals surface area contributed by atoms with E-state index in [0.29, 0.717) is 5.75 Å². The molecule has 1 aromatic heterocycles. The fourth-order valence-electron chi connectivity index (χ4n) is 2.03. The first-order valence-electron chi connectivity index (χ1n) is 6.99. The van der Waals surface area contributed by atoms with E-state index in [-0.39, 0.29) is 12.5 Å². The van der Waals surface area contributed by atoms with Gasteiger partial charge in [0, 0.05) is 16.2 Å². The molecule has 0 atom stereocenters. The minimum absolute atomic E-state index is 0.0555. The van der Waals surface area contributed by atoms with Gasteiger partial charge in [0.1, 0.15) is 12.1 Å². The fraction of sp³-hybridized carbons (Fsp3) is 0.125. The van der Waals surface area contributed by atoms with Crippen molar-refractivity contribution in [3.05, 3.63) is 58.8 Å². The van der Waals surface area contributed by atoms with E-state index >= 15 is 0 Å². The van der Waals surface area contributed by atoms with Gasteiger partial charge in [0.15, 0.2) is 6.61 Å². The Morgan fingerprint density at radius 1 is 1.35 bits per heavy atom. The van der Waals surface area contributed by atoms with Crippen LogP contribution in [0.3, 0.4) is 0 Å². The highest BCUT2D eigenvalue weighted by Crippen LogP contribution is 2.20. The number of rotatable bonds is 5. The van der Waals surface area contributed by atoms with E-state index in [1.165, 1.54) is 0 Å². The number of aromatic amines is 1. The van der Waals surface area contributed by atoms with E-state index in [1.54, 1.807) is 17.1 Å². The Kier molecular flexibility index (Phi) is 4.47. The number of benzene rings is 2. The number of anilines is 1. The highest BCUT2D eigenvalue weighted by Gasteiger charge is 2.06. The van der Waals surface area contributed by atoms with Crippen LogP contribution in [0.15, 0.2) is 53.3 Å². The van der Waals surface area contributed by atoms with Crippen LogP contribution in [0.1, 0.15) is 5.56 Å². The SMILES string of the molecule is Cc1cc(NC(=O)COc2cccc(-n3cn[nH]3)c2)ccc1Br. The summed E-state index contributed by atoms with van der Waals surface area (Å²) >= 11 is 3.43. The molecule has 2 N–H and O–H groups in total. The molecule has 0 bridgehead atoms. The number of H-pyrrole nitrogens is 1. The summed E-state index contributed by atoms with van der Waals surface area (Å²) in [6.45, 7) is 1.91. The van der Waals surface area contributed by atoms with Crippen molar-refractivity contribution in [3.8, 4) is 11.4 Å².